The lowest BCUT2D eigenvalue weighted by Gasteiger charge is -2.26. The zero-order valence-electron chi connectivity index (χ0n) is 10.2. The zero-order valence-corrected chi connectivity index (χ0v) is 11.8. The predicted octanol–water partition coefficient (Wildman–Crippen LogP) is 3.39. The Morgan fingerprint density at radius 2 is 2.29 bits per heavy atom. The van der Waals surface area contributed by atoms with Crippen LogP contribution in [0.5, 0.6) is 0 Å². The fourth-order valence-corrected chi connectivity index (χ4v) is 4.14. The van der Waals surface area contributed by atoms with Gasteiger partial charge >= 0.3 is 0 Å². The van der Waals surface area contributed by atoms with Gasteiger partial charge in [0.05, 0.1) is 5.56 Å². The summed E-state index contributed by atoms with van der Waals surface area (Å²) in [6, 6.07) is 4.16. The predicted molar refractivity (Wildman–Crippen MR) is 75.5 cm³/mol. The standard InChI is InChI=1S/C13H18N2S2/c1-16-13(4-2-3-5-13)10-15-8-12-6-11(7-14)9-17-12/h6,9,15H,2-5,8,10H2,1H3. The molecule has 1 heterocycles. The van der Waals surface area contributed by atoms with E-state index in [2.05, 4.69) is 17.6 Å². The van der Waals surface area contributed by atoms with Gasteiger partial charge in [0.15, 0.2) is 0 Å². The van der Waals surface area contributed by atoms with Crippen molar-refractivity contribution in [3.63, 3.8) is 0 Å². The van der Waals surface area contributed by atoms with Crippen LogP contribution in [-0.2, 0) is 6.54 Å². The van der Waals surface area contributed by atoms with E-state index in [4.69, 9.17) is 5.26 Å². The molecular weight excluding hydrogens is 248 g/mol. The van der Waals surface area contributed by atoms with Crippen molar-refractivity contribution in [3.8, 4) is 6.07 Å². The van der Waals surface area contributed by atoms with E-state index in [0.717, 1.165) is 18.7 Å². The van der Waals surface area contributed by atoms with E-state index in [9.17, 15) is 0 Å². The van der Waals surface area contributed by atoms with Gasteiger partial charge in [-0.15, -0.1) is 11.3 Å². The highest BCUT2D eigenvalue weighted by Gasteiger charge is 2.32. The van der Waals surface area contributed by atoms with Crippen molar-refractivity contribution in [2.24, 2.45) is 0 Å². The second-order valence-electron chi connectivity index (χ2n) is 4.61. The highest BCUT2D eigenvalue weighted by Crippen LogP contribution is 2.39. The molecule has 17 heavy (non-hydrogen) atoms. The van der Waals surface area contributed by atoms with E-state index in [1.165, 1.54) is 30.6 Å². The number of hydrogen-bond acceptors (Lipinski definition) is 4. The van der Waals surface area contributed by atoms with Crippen molar-refractivity contribution in [2.75, 3.05) is 12.8 Å². The van der Waals surface area contributed by atoms with Gasteiger partial charge in [-0.25, -0.2) is 0 Å². The van der Waals surface area contributed by atoms with Crippen LogP contribution < -0.4 is 5.32 Å². The summed E-state index contributed by atoms with van der Waals surface area (Å²) in [5.41, 5.74) is 0.784. The fourth-order valence-electron chi connectivity index (χ4n) is 2.42. The first-order valence-electron chi connectivity index (χ1n) is 6.01. The monoisotopic (exact) mass is 266 g/mol. The molecule has 0 saturated heterocycles. The molecule has 2 rings (SSSR count). The van der Waals surface area contributed by atoms with Gasteiger partial charge in [0.25, 0.3) is 0 Å². The minimum atomic E-state index is 0.468. The summed E-state index contributed by atoms with van der Waals surface area (Å²) >= 11 is 3.68. The van der Waals surface area contributed by atoms with Gasteiger partial charge in [-0.3, -0.25) is 0 Å². The van der Waals surface area contributed by atoms with Crippen LogP contribution in [0, 0.1) is 11.3 Å². The van der Waals surface area contributed by atoms with Crippen LogP contribution in [0.1, 0.15) is 36.1 Å². The van der Waals surface area contributed by atoms with Crippen LogP contribution in [0.3, 0.4) is 0 Å². The molecule has 1 aromatic heterocycles. The van der Waals surface area contributed by atoms with Gasteiger partial charge in [0, 0.05) is 28.1 Å². The maximum absolute atomic E-state index is 8.76. The van der Waals surface area contributed by atoms with Crippen molar-refractivity contribution in [1.29, 1.82) is 5.26 Å². The number of nitrogens with one attached hydrogen (secondary N) is 1. The molecule has 1 fully saturated rings. The van der Waals surface area contributed by atoms with Crippen molar-refractivity contribution in [2.45, 2.75) is 37.0 Å². The topological polar surface area (TPSA) is 35.8 Å². The van der Waals surface area contributed by atoms with Crippen LogP contribution in [-0.4, -0.2) is 17.5 Å². The van der Waals surface area contributed by atoms with Gasteiger partial charge in [0.2, 0.25) is 0 Å². The smallest absolute Gasteiger partial charge is 0.100 e. The summed E-state index contributed by atoms with van der Waals surface area (Å²) in [5.74, 6) is 0. The molecule has 4 heteroatoms. The summed E-state index contributed by atoms with van der Waals surface area (Å²) < 4.78 is 0.468. The molecule has 0 amide bonds. The first kappa shape index (κ1) is 12.9. The van der Waals surface area contributed by atoms with Gasteiger partial charge in [-0.1, -0.05) is 12.8 Å². The molecule has 0 spiro atoms. The Balaban J connectivity index is 1.81. The Kier molecular flexibility index (Phi) is 4.49. The Morgan fingerprint density at radius 1 is 1.53 bits per heavy atom. The second kappa shape index (κ2) is 5.90. The molecule has 0 unspecified atom stereocenters. The molecule has 1 aliphatic rings. The number of thiophene rings is 1. The molecule has 0 aromatic carbocycles. The Morgan fingerprint density at radius 3 is 2.88 bits per heavy atom. The van der Waals surface area contributed by atoms with Gasteiger partial charge < -0.3 is 5.32 Å². The molecule has 1 aromatic rings. The fraction of sp³-hybridized carbons (Fsp3) is 0.615. The summed E-state index contributed by atoms with van der Waals surface area (Å²) in [4.78, 5) is 1.26. The third kappa shape index (κ3) is 3.25. The van der Waals surface area contributed by atoms with E-state index >= 15 is 0 Å². The first-order valence-corrected chi connectivity index (χ1v) is 8.12. The summed E-state index contributed by atoms with van der Waals surface area (Å²) in [6.45, 7) is 1.99. The van der Waals surface area contributed by atoms with Crippen molar-refractivity contribution < 1.29 is 0 Å². The van der Waals surface area contributed by atoms with Crippen LogP contribution in [0.4, 0.5) is 0 Å². The molecule has 0 bridgehead atoms. The van der Waals surface area contributed by atoms with Crippen molar-refractivity contribution >= 4 is 23.1 Å². The molecule has 0 aliphatic heterocycles. The Labute approximate surface area is 111 Å². The molecule has 1 saturated carbocycles. The van der Waals surface area contributed by atoms with E-state index in [0.29, 0.717) is 4.75 Å². The number of hydrogen-bond donors (Lipinski definition) is 1. The number of thioether (sulfide) groups is 1. The van der Waals surface area contributed by atoms with Crippen LogP contribution >= 0.6 is 23.1 Å². The number of nitriles is 1. The lowest BCUT2D eigenvalue weighted by atomic mass is 10.1. The van der Waals surface area contributed by atoms with Crippen molar-refractivity contribution in [3.05, 3.63) is 21.9 Å². The largest absolute Gasteiger partial charge is 0.310 e. The maximum atomic E-state index is 8.76. The zero-order chi connectivity index (χ0) is 12.1. The quantitative estimate of drug-likeness (QED) is 0.887. The van der Waals surface area contributed by atoms with E-state index in [-0.39, 0.29) is 0 Å². The third-order valence-electron chi connectivity index (χ3n) is 3.48. The van der Waals surface area contributed by atoms with Gasteiger partial charge in [-0.05, 0) is 25.2 Å². The number of nitrogens with zero attached hydrogens (tertiary/aromatic N) is 1. The van der Waals surface area contributed by atoms with Crippen LogP contribution in [0.2, 0.25) is 0 Å². The Hall–Kier alpha value is -0.500. The SMILES string of the molecule is CSC1(CNCc2cc(C#N)cs2)CCCC1. The lowest BCUT2D eigenvalue weighted by Crippen LogP contribution is -2.34. The molecule has 1 N–H and O–H groups in total. The number of rotatable bonds is 5. The molecular formula is C13H18N2S2. The Bertz CT molecular complexity index is 400. The average Bonchev–Trinajstić information content (AvgIpc) is 2.98. The molecule has 0 atom stereocenters. The molecule has 1 aliphatic carbocycles. The lowest BCUT2D eigenvalue weighted by molar-refractivity contribution is 0.535. The minimum Gasteiger partial charge on any atom is -0.310 e. The van der Waals surface area contributed by atoms with E-state index < -0.39 is 0 Å². The summed E-state index contributed by atoms with van der Waals surface area (Å²) in [5, 5.41) is 14.2. The minimum absolute atomic E-state index is 0.468. The normalized spacial score (nSPS) is 18.1. The summed E-state index contributed by atoms with van der Waals surface area (Å²) in [7, 11) is 0. The maximum Gasteiger partial charge on any atom is 0.100 e. The second-order valence-corrected chi connectivity index (χ2v) is 6.88. The molecule has 92 valence electrons. The van der Waals surface area contributed by atoms with Gasteiger partial charge in [0.1, 0.15) is 6.07 Å². The highest BCUT2D eigenvalue weighted by atomic mass is 32.2. The van der Waals surface area contributed by atoms with Crippen LogP contribution in [0.15, 0.2) is 11.4 Å². The van der Waals surface area contributed by atoms with E-state index in [1.807, 2.05) is 23.2 Å². The molecule has 2 nitrogen and oxygen atoms in total. The third-order valence-corrected chi connectivity index (χ3v) is 5.83. The average molecular weight is 266 g/mol. The summed E-state index contributed by atoms with van der Waals surface area (Å²) in [6.07, 6.45) is 7.66. The van der Waals surface area contributed by atoms with Crippen molar-refractivity contribution in [1.82, 2.24) is 5.32 Å². The van der Waals surface area contributed by atoms with Gasteiger partial charge in [-0.2, -0.15) is 17.0 Å². The highest BCUT2D eigenvalue weighted by molar-refractivity contribution is 8.00. The van der Waals surface area contributed by atoms with E-state index in [1.54, 1.807) is 11.3 Å². The molecule has 0 radical (unpaired) electrons. The first-order chi connectivity index (χ1) is 8.28. The van der Waals surface area contributed by atoms with Crippen LogP contribution in [0.25, 0.3) is 0 Å².